The van der Waals surface area contributed by atoms with Crippen molar-refractivity contribution in [2.45, 2.75) is 44.9 Å². The minimum atomic E-state index is -1.36. The Labute approximate surface area is 111 Å². The lowest BCUT2D eigenvalue weighted by Gasteiger charge is -2.28. The van der Waals surface area contributed by atoms with Crippen molar-refractivity contribution < 1.29 is 9.53 Å². The molecule has 2 nitrogen and oxygen atoms in total. The van der Waals surface area contributed by atoms with E-state index >= 15 is 0 Å². The minimum Gasteiger partial charge on any atom is -0.466 e. The summed E-state index contributed by atoms with van der Waals surface area (Å²) in [6.07, 6.45) is 1.54. The van der Waals surface area contributed by atoms with Gasteiger partial charge >= 0.3 is 5.97 Å². The first-order chi connectivity index (χ1) is 8.43. The number of hydrogen-bond acceptors (Lipinski definition) is 2. The van der Waals surface area contributed by atoms with Gasteiger partial charge in [0.1, 0.15) is 0 Å². The molecule has 3 heteroatoms. The fourth-order valence-corrected chi connectivity index (χ4v) is 3.63. The highest BCUT2D eigenvalue weighted by atomic mass is 28.3. The van der Waals surface area contributed by atoms with E-state index in [1.165, 1.54) is 5.56 Å². The largest absolute Gasteiger partial charge is 0.466 e. The standard InChI is InChI=1S/C15H24O2Si/c1-5-17-15(16)12-14(18(2,3)4)11-13-9-7-6-8-10-13/h6-10,14H,5,11-12H2,1-4H3. The molecule has 0 amide bonds. The molecule has 18 heavy (non-hydrogen) atoms. The number of hydrogen-bond donors (Lipinski definition) is 0. The molecule has 0 bridgehead atoms. The molecule has 0 radical (unpaired) electrons. The van der Waals surface area contributed by atoms with Crippen LogP contribution < -0.4 is 0 Å². The second-order valence-corrected chi connectivity index (χ2v) is 11.3. The summed E-state index contributed by atoms with van der Waals surface area (Å²) in [7, 11) is -1.36. The summed E-state index contributed by atoms with van der Waals surface area (Å²) in [6.45, 7) is 9.29. The van der Waals surface area contributed by atoms with Crippen molar-refractivity contribution in [1.29, 1.82) is 0 Å². The average Bonchev–Trinajstić information content (AvgIpc) is 2.28. The van der Waals surface area contributed by atoms with E-state index in [1.807, 2.05) is 13.0 Å². The maximum absolute atomic E-state index is 11.7. The van der Waals surface area contributed by atoms with Gasteiger partial charge in [-0.05, 0) is 24.4 Å². The van der Waals surface area contributed by atoms with Gasteiger partial charge in [0.25, 0.3) is 0 Å². The van der Waals surface area contributed by atoms with E-state index < -0.39 is 8.07 Å². The number of carbonyl (C=O) groups is 1. The molecule has 1 aromatic rings. The Balaban J connectivity index is 2.71. The molecule has 0 aliphatic heterocycles. The van der Waals surface area contributed by atoms with Gasteiger partial charge in [-0.3, -0.25) is 4.79 Å². The van der Waals surface area contributed by atoms with Crippen LogP contribution in [-0.2, 0) is 16.0 Å². The predicted octanol–water partition coefficient (Wildman–Crippen LogP) is 3.89. The topological polar surface area (TPSA) is 26.3 Å². The lowest BCUT2D eigenvalue weighted by atomic mass is 10.1. The van der Waals surface area contributed by atoms with Crippen molar-refractivity contribution in [3.8, 4) is 0 Å². The van der Waals surface area contributed by atoms with Gasteiger partial charge < -0.3 is 4.74 Å². The van der Waals surface area contributed by atoms with Crippen LogP contribution in [0.4, 0.5) is 0 Å². The smallest absolute Gasteiger partial charge is 0.305 e. The second-order valence-electron chi connectivity index (χ2n) is 5.76. The summed E-state index contributed by atoms with van der Waals surface area (Å²) in [5.74, 6) is -0.0548. The van der Waals surface area contributed by atoms with E-state index in [2.05, 4.69) is 43.9 Å². The summed E-state index contributed by atoms with van der Waals surface area (Å²) in [4.78, 5) is 11.7. The fourth-order valence-electron chi connectivity index (χ4n) is 2.00. The predicted molar refractivity (Wildman–Crippen MR) is 78.5 cm³/mol. The van der Waals surface area contributed by atoms with E-state index in [0.29, 0.717) is 18.6 Å². The highest BCUT2D eigenvalue weighted by Gasteiger charge is 2.29. The summed E-state index contributed by atoms with van der Waals surface area (Å²) in [6, 6.07) is 10.4. The van der Waals surface area contributed by atoms with Crippen LogP contribution in [0.5, 0.6) is 0 Å². The van der Waals surface area contributed by atoms with Crippen LogP contribution in [0.15, 0.2) is 30.3 Å². The van der Waals surface area contributed by atoms with Crippen LogP contribution in [0.1, 0.15) is 18.9 Å². The first-order valence-electron chi connectivity index (χ1n) is 6.63. The molecular weight excluding hydrogens is 240 g/mol. The molecule has 0 spiro atoms. The first kappa shape index (κ1) is 15.0. The lowest BCUT2D eigenvalue weighted by Crippen LogP contribution is -2.31. The van der Waals surface area contributed by atoms with Gasteiger partial charge in [-0.2, -0.15) is 0 Å². The van der Waals surface area contributed by atoms with Gasteiger partial charge in [0.05, 0.1) is 6.61 Å². The van der Waals surface area contributed by atoms with Crippen molar-refractivity contribution in [3.05, 3.63) is 35.9 Å². The highest BCUT2D eigenvalue weighted by molar-refractivity contribution is 6.77. The second kappa shape index (κ2) is 6.74. The Morgan fingerprint density at radius 2 is 1.83 bits per heavy atom. The Hall–Kier alpha value is -1.09. The summed E-state index contributed by atoms with van der Waals surface area (Å²) >= 11 is 0. The quantitative estimate of drug-likeness (QED) is 0.575. The SMILES string of the molecule is CCOC(=O)CC(Cc1ccccc1)[Si](C)(C)C. The number of rotatable bonds is 6. The molecule has 1 aromatic carbocycles. The van der Waals surface area contributed by atoms with Crippen LogP contribution in [0.2, 0.25) is 25.2 Å². The van der Waals surface area contributed by atoms with Gasteiger partial charge in [0.15, 0.2) is 0 Å². The third kappa shape index (κ3) is 5.04. The van der Waals surface area contributed by atoms with Crippen LogP contribution in [0.3, 0.4) is 0 Å². The van der Waals surface area contributed by atoms with Gasteiger partial charge in [-0.15, -0.1) is 0 Å². The normalized spacial score (nSPS) is 13.1. The van der Waals surface area contributed by atoms with Crippen LogP contribution >= 0.6 is 0 Å². The molecule has 1 unspecified atom stereocenters. The van der Waals surface area contributed by atoms with Crippen LogP contribution in [0, 0.1) is 0 Å². The zero-order valence-electron chi connectivity index (χ0n) is 11.9. The molecule has 0 N–H and O–H groups in total. The molecule has 0 saturated carbocycles. The van der Waals surface area contributed by atoms with Crippen LogP contribution in [0.25, 0.3) is 0 Å². The zero-order valence-corrected chi connectivity index (χ0v) is 12.9. The van der Waals surface area contributed by atoms with Crippen molar-refractivity contribution in [3.63, 3.8) is 0 Å². The number of ether oxygens (including phenoxy) is 1. The van der Waals surface area contributed by atoms with Crippen molar-refractivity contribution in [2.24, 2.45) is 0 Å². The maximum Gasteiger partial charge on any atom is 0.305 e. The maximum atomic E-state index is 11.7. The number of benzene rings is 1. The molecule has 1 rings (SSSR count). The molecule has 0 heterocycles. The molecule has 0 aromatic heterocycles. The molecule has 100 valence electrons. The summed E-state index contributed by atoms with van der Waals surface area (Å²) in [5.41, 5.74) is 1.76. The monoisotopic (exact) mass is 264 g/mol. The number of carbonyl (C=O) groups excluding carboxylic acids is 1. The Morgan fingerprint density at radius 3 is 2.33 bits per heavy atom. The van der Waals surface area contributed by atoms with Gasteiger partial charge in [-0.25, -0.2) is 0 Å². The Morgan fingerprint density at radius 1 is 1.22 bits per heavy atom. The van der Waals surface area contributed by atoms with Crippen molar-refractivity contribution >= 4 is 14.0 Å². The zero-order chi connectivity index (χ0) is 13.6. The fraction of sp³-hybridized carbons (Fsp3) is 0.533. The molecule has 1 atom stereocenters. The van der Waals surface area contributed by atoms with Gasteiger partial charge in [-0.1, -0.05) is 50.0 Å². The van der Waals surface area contributed by atoms with E-state index in [0.717, 1.165) is 6.42 Å². The van der Waals surface area contributed by atoms with E-state index in [4.69, 9.17) is 4.74 Å². The molecule has 0 aliphatic rings. The molecule has 0 fully saturated rings. The highest BCUT2D eigenvalue weighted by Crippen LogP contribution is 2.29. The molecular formula is C15H24O2Si. The molecule has 0 saturated heterocycles. The van der Waals surface area contributed by atoms with Gasteiger partial charge in [0, 0.05) is 14.5 Å². The van der Waals surface area contributed by atoms with Crippen molar-refractivity contribution in [2.75, 3.05) is 6.61 Å². The Bertz CT molecular complexity index is 368. The third-order valence-electron chi connectivity index (χ3n) is 3.27. The van der Waals surface area contributed by atoms with E-state index in [-0.39, 0.29) is 5.97 Å². The van der Waals surface area contributed by atoms with E-state index in [1.54, 1.807) is 0 Å². The summed E-state index contributed by atoms with van der Waals surface area (Å²) in [5, 5.41) is 0. The minimum absolute atomic E-state index is 0.0548. The Kier molecular flexibility index (Phi) is 5.60. The lowest BCUT2D eigenvalue weighted by molar-refractivity contribution is -0.143. The molecule has 0 aliphatic carbocycles. The van der Waals surface area contributed by atoms with Gasteiger partial charge in [0.2, 0.25) is 0 Å². The third-order valence-corrected chi connectivity index (χ3v) is 6.13. The van der Waals surface area contributed by atoms with E-state index in [9.17, 15) is 4.79 Å². The summed E-state index contributed by atoms with van der Waals surface area (Å²) < 4.78 is 5.09. The van der Waals surface area contributed by atoms with Crippen molar-refractivity contribution in [1.82, 2.24) is 0 Å². The number of esters is 1. The average molecular weight is 264 g/mol. The first-order valence-corrected chi connectivity index (χ1v) is 10.2. The van der Waals surface area contributed by atoms with Crippen LogP contribution in [-0.4, -0.2) is 20.7 Å².